The van der Waals surface area contributed by atoms with E-state index in [2.05, 4.69) is 36.5 Å². The van der Waals surface area contributed by atoms with Gasteiger partial charge in [0.1, 0.15) is 0 Å². The van der Waals surface area contributed by atoms with E-state index in [1.165, 1.54) is 10.5 Å². The van der Waals surface area contributed by atoms with Gasteiger partial charge >= 0.3 is 0 Å². The first-order chi connectivity index (χ1) is 12.1. The molecule has 2 amide bonds. The van der Waals surface area contributed by atoms with E-state index in [0.717, 1.165) is 30.1 Å². The Morgan fingerprint density at radius 2 is 2.00 bits per heavy atom. The highest BCUT2D eigenvalue weighted by Crippen LogP contribution is 2.24. The molecule has 1 fully saturated rings. The average Bonchev–Trinajstić information content (AvgIpc) is 3.03. The highest BCUT2D eigenvalue weighted by molar-refractivity contribution is 7.99. The van der Waals surface area contributed by atoms with Crippen LogP contribution >= 0.6 is 11.8 Å². The summed E-state index contributed by atoms with van der Waals surface area (Å²) >= 11 is 1.68. The Morgan fingerprint density at radius 3 is 2.72 bits per heavy atom. The number of rotatable bonds is 6. The quantitative estimate of drug-likeness (QED) is 0.789. The van der Waals surface area contributed by atoms with Gasteiger partial charge in [0.2, 0.25) is 11.8 Å². The summed E-state index contributed by atoms with van der Waals surface area (Å²) < 4.78 is 0. The van der Waals surface area contributed by atoms with E-state index in [1.54, 1.807) is 16.7 Å². The van der Waals surface area contributed by atoms with Gasteiger partial charge in [0.05, 0.1) is 0 Å². The number of amides is 2. The Morgan fingerprint density at radius 1 is 1.20 bits per heavy atom. The van der Waals surface area contributed by atoms with Crippen LogP contribution in [0.25, 0.3) is 0 Å². The molecule has 0 saturated carbocycles. The molecule has 1 aliphatic heterocycles. The molecule has 25 heavy (non-hydrogen) atoms. The van der Waals surface area contributed by atoms with Gasteiger partial charge in [-0.1, -0.05) is 23.8 Å². The van der Waals surface area contributed by atoms with Crippen LogP contribution in [0.4, 0.5) is 11.4 Å². The van der Waals surface area contributed by atoms with Crippen molar-refractivity contribution in [3.63, 3.8) is 0 Å². The van der Waals surface area contributed by atoms with Crippen molar-refractivity contribution >= 4 is 35.0 Å². The molecule has 1 N–H and O–H groups in total. The third-order valence-corrected chi connectivity index (χ3v) is 5.15. The minimum atomic E-state index is -0.00971. The van der Waals surface area contributed by atoms with Crippen LogP contribution in [0.2, 0.25) is 0 Å². The van der Waals surface area contributed by atoms with E-state index in [0.29, 0.717) is 12.8 Å². The van der Waals surface area contributed by atoms with Crippen molar-refractivity contribution in [1.82, 2.24) is 0 Å². The molecule has 3 rings (SSSR count). The summed E-state index contributed by atoms with van der Waals surface area (Å²) in [6.45, 7) is 2.81. The second-order valence-electron chi connectivity index (χ2n) is 6.16. The molecule has 1 saturated heterocycles. The summed E-state index contributed by atoms with van der Waals surface area (Å²) in [5.41, 5.74) is 2.83. The summed E-state index contributed by atoms with van der Waals surface area (Å²) in [6.07, 6.45) is 1.95. The molecule has 1 aliphatic rings. The lowest BCUT2D eigenvalue weighted by molar-refractivity contribution is -0.117. The molecule has 0 aliphatic carbocycles. The zero-order chi connectivity index (χ0) is 17.6. The van der Waals surface area contributed by atoms with Crippen LogP contribution in [0, 0.1) is 6.92 Å². The SMILES string of the molecule is Cc1ccc(SCCC(=O)Nc2cccc(N3CCCC3=O)c2)cc1. The van der Waals surface area contributed by atoms with Crippen molar-refractivity contribution in [3.05, 3.63) is 54.1 Å². The molecule has 0 bridgehead atoms. The first kappa shape index (κ1) is 17.5. The molecule has 0 unspecified atom stereocenters. The molecular formula is C20H22N2O2S. The highest BCUT2D eigenvalue weighted by atomic mass is 32.2. The number of nitrogens with one attached hydrogen (secondary N) is 1. The molecule has 0 radical (unpaired) electrons. The van der Waals surface area contributed by atoms with Gasteiger partial charge < -0.3 is 10.2 Å². The number of carbonyl (C=O) groups is 2. The summed E-state index contributed by atoms with van der Waals surface area (Å²) in [4.78, 5) is 26.9. The second kappa shape index (κ2) is 8.21. The third-order valence-electron chi connectivity index (χ3n) is 4.13. The summed E-state index contributed by atoms with van der Waals surface area (Å²) in [5.74, 6) is 0.877. The number of benzene rings is 2. The largest absolute Gasteiger partial charge is 0.326 e. The van der Waals surface area contributed by atoms with Crippen molar-refractivity contribution in [2.75, 3.05) is 22.5 Å². The molecule has 2 aromatic carbocycles. The second-order valence-corrected chi connectivity index (χ2v) is 7.33. The molecule has 4 nitrogen and oxygen atoms in total. The number of hydrogen-bond acceptors (Lipinski definition) is 3. The molecule has 2 aromatic rings. The molecule has 130 valence electrons. The predicted molar refractivity (Wildman–Crippen MR) is 103 cm³/mol. The lowest BCUT2D eigenvalue weighted by atomic mass is 10.2. The van der Waals surface area contributed by atoms with E-state index in [4.69, 9.17) is 0 Å². The van der Waals surface area contributed by atoms with Gasteiger partial charge in [-0.15, -0.1) is 11.8 Å². The normalized spacial score (nSPS) is 14.0. The zero-order valence-electron chi connectivity index (χ0n) is 14.3. The minimum absolute atomic E-state index is 0.00971. The van der Waals surface area contributed by atoms with Gasteiger partial charge in [-0.05, 0) is 43.7 Å². The van der Waals surface area contributed by atoms with E-state index in [-0.39, 0.29) is 11.8 Å². The molecule has 0 spiro atoms. The lowest BCUT2D eigenvalue weighted by Crippen LogP contribution is -2.23. The van der Waals surface area contributed by atoms with Crippen LogP contribution in [0.15, 0.2) is 53.4 Å². The summed E-state index contributed by atoms with van der Waals surface area (Å²) in [6, 6.07) is 15.8. The number of hydrogen-bond donors (Lipinski definition) is 1. The van der Waals surface area contributed by atoms with Gasteiger partial charge in [-0.2, -0.15) is 0 Å². The van der Waals surface area contributed by atoms with Gasteiger partial charge in [0, 0.05) is 41.4 Å². The van der Waals surface area contributed by atoms with Crippen LogP contribution in [-0.2, 0) is 9.59 Å². The summed E-state index contributed by atoms with van der Waals surface area (Å²) in [7, 11) is 0. The predicted octanol–water partition coefficient (Wildman–Crippen LogP) is 4.24. The van der Waals surface area contributed by atoms with Crippen LogP contribution in [0.3, 0.4) is 0 Å². The smallest absolute Gasteiger partial charge is 0.227 e. The Kier molecular flexibility index (Phi) is 5.76. The monoisotopic (exact) mass is 354 g/mol. The van der Waals surface area contributed by atoms with Crippen molar-refractivity contribution in [2.24, 2.45) is 0 Å². The Balaban J connectivity index is 1.50. The molecule has 5 heteroatoms. The van der Waals surface area contributed by atoms with Crippen molar-refractivity contribution in [1.29, 1.82) is 0 Å². The molecule has 0 aromatic heterocycles. The fourth-order valence-electron chi connectivity index (χ4n) is 2.79. The van der Waals surface area contributed by atoms with Crippen molar-refractivity contribution < 1.29 is 9.59 Å². The third kappa shape index (κ3) is 4.86. The van der Waals surface area contributed by atoms with Crippen molar-refractivity contribution in [2.45, 2.75) is 31.1 Å². The Hall–Kier alpha value is -2.27. The standard InChI is InChI=1S/C20H22N2O2S/c1-15-7-9-18(10-8-15)25-13-11-19(23)21-16-4-2-5-17(14-16)22-12-3-6-20(22)24/h2,4-5,7-10,14H,3,6,11-13H2,1H3,(H,21,23). The number of carbonyl (C=O) groups excluding carboxylic acids is 2. The van der Waals surface area contributed by atoms with Crippen LogP contribution < -0.4 is 10.2 Å². The maximum atomic E-state index is 12.1. The average molecular weight is 354 g/mol. The maximum Gasteiger partial charge on any atom is 0.227 e. The van der Waals surface area contributed by atoms with Crippen molar-refractivity contribution in [3.8, 4) is 0 Å². The first-order valence-electron chi connectivity index (χ1n) is 8.51. The van der Waals surface area contributed by atoms with Gasteiger partial charge in [-0.3, -0.25) is 9.59 Å². The van der Waals surface area contributed by atoms with Gasteiger partial charge in [0.15, 0.2) is 0 Å². The lowest BCUT2D eigenvalue weighted by Gasteiger charge is -2.16. The van der Waals surface area contributed by atoms with Crippen LogP contribution in [0.5, 0.6) is 0 Å². The molecule has 1 heterocycles. The minimum Gasteiger partial charge on any atom is -0.326 e. The van der Waals surface area contributed by atoms with E-state index in [1.807, 2.05) is 24.3 Å². The number of nitrogens with zero attached hydrogens (tertiary/aromatic N) is 1. The fourth-order valence-corrected chi connectivity index (χ4v) is 3.64. The Labute approximate surface area is 152 Å². The van der Waals surface area contributed by atoms with Crippen LogP contribution in [-0.4, -0.2) is 24.1 Å². The number of aryl methyl sites for hydroxylation is 1. The summed E-state index contributed by atoms with van der Waals surface area (Å²) in [5, 5.41) is 2.93. The van der Waals surface area contributed by atoms with E-state index >= 15 is 0 Å². The number of thioether (sulfide) groups is 1. The van der Waals surface area contributed by atoms with Gasteiger partial charge in [0.25, 0.3) is 0 Å². The maximum absolute atomic E-state index is 12.1. The fraction of sp³-hybridized carbons (Fsp3) is 0.300. The zero-order valence-corrected chi connectivity index (χ0v) is 15.1. The first-order valence-corrected chi connectivity index (χ1v) is 9.50. The number of anilines is 2. The van der Waals surface area contributed by atoms with Gasteiger partial charge in [-0.25, -0.2) is 0 Å². The van der Waals surface area contributed by atoms with E-state index < -0.39 is 0 Å². The molecule has 0 atom stereocenters. The van der Waals surface area contributed by atoms with Crippen LogP contribution in [0.1, 0.15) is 24.8 Å². The topological polar surface area (TPSA) is 49.4 Å². The van der Waals surface area contributed by atoms with E-state index in [9.17, 15) is 9.59 Å². The molecular weight excluding hydrogens is 332 g/mol. The Bertz CT molecular complexity index is 759. The highest BCUT2D eigenvalue weighted by Gasteiger charge is 2.21.